The number of hydrogen-bond donors (Lipinski definition) is 2. The van der Waals surface area contributed by atoms with Gasteiger partial charge >= 0.3 is 0 Å². The number of amides is 1. The van der Waals surface area contributed by atoms with Gasteiger partial charge in [-0.15, -0.1) is 0 Å². The zero-order valence-corrected chi connectivity index (χ0v) is 17.7. The van der Waals surface area contributed by atoms with Crippen molar-refractivity contribution in [3.63, 3.8) is 0 Å². The van der Waals surface area contributed by atoms with Gasteiger partial charge in [-0.05, 0) is 34.5 Å². The number of rotatable bonds is 5. The van der Waals surface area contributed by atoms with Crippen molar-refractivity contribution in [2.75, 3.05) is 0 Å². The highest BCUT2D eigenvalue weighted by atomic mass is 16.3. The van der Waals surface area contributed by atoms with Crippen LogP contribution in [0.2, 0.25) is 0 Å². The van der Waals surface area contributed by atoms with E-state index >= 15 is 0 Å². The Kier molecular flexibility index (Phi) is 5.32. The second-order valence-corrected chi connectivity index (χ2v) is 7.83. The summed E-state index contributed by atoms with van der Waals surface area (Å²) >= 11 is 0. The minimum absolute atomic E-state index is 0.0902. The summed E-state index contributed by atoms with van der Waals surface area (Å²) < 4.78 is 1.29. The SMILES string of the molecule is O=C(Cn1cnc2ccccc2c1=O)NC(c1ccccc1)c1c(O)ccc2ccccc12. The Morgan fingerprint density at radius 1 is 0.879 bits per heavy atom. The average Bonchev–Trinajstić information content (AvgIpc) is 2.85. The van der Waals surface area contributed by atoms with Crippen molar-refractivity contribution < 1.29 is 9.90 Å². The topological polar surface area (TPSA) is 84.2 Å². The fraction of sp³-hybridized carbons (Fsp3) is 0.0741. The van der Waals surface area contributed by atoms with E-state index in [2.05, 4.69) is 10.3 Å². The maximum atomic E-state index is 13.1. The Labute approximate surface area is 189 Å². The summed E-state index contributed by atoms with van der Waals surface area (Å²) in [6.07, 6.45) is 1.39. The van der Waals surface area contributed by atoms with Crippen molar-refractivity contribution >= 4 is 27.6 Å². The van der Waals surface area contributed by atoms with Gasteiger partial charge in [0, 0.05) is 5.56 Å². The number of nitrogens with one attached hydrogen (secondary N) is 1. The predicted molar refractivity (Wildman–Crippen MR) is 128 cm³/mol. The molecule has 1 atom stereocenters. The Balaban J connectivity index is 1.54. The highest BCUT2D eigenvalue weighted by molar-refractivity contribution is 5.89. The van der Waals surface area contributed by atoms with Crippen LogP contribution in [0.4, 0.5) is 0 Å². The van der Waals surface area contributed by atoms with Gasteiger partial charge in [0.05, 0.1) is 23.3 Å². The number of aromatic hydroxyl groups is 1. The van der Waals surface area contributed by atoms with E-state index in [0.717, 1.165) is 16.3 Å². The van der Waals surface area contributed by atoms with Crippen LogP contribution in [0.25, 0.3) is 21.7 Å². The van der Waals surface area contributed by atoms with Crippen molar-refractivity contribution in [2.24, 2.45) is 0 Å². The summed E-state index contributed by atoms with van der Waals surface area (Å²) in [5, 5.41) is 16.1. The van der Waals surface area contributed by atoms with Gasteiger partial charge in [0.15, 0.2) is 0 Å². The van der Waals surface area contributed by atoms with E-state index in [1.807, 2.05) is 66.7 Å². The van der Waals surface area contributed by atoms with Crippen molar-refractivity contribution in [1.82, 2.24) is 14.9 Å². The summed E-state index contributed by atoms with van der Waals surface area (Å²) in [7, 11) is 0. The van der Waals surface area contributed by atoms with Crippen LogP contribution < -0.4 is 10.9 Å². The lowest BCUT2D eigenvalue weighted by Gasteiger charge is -2.23. The number of aromatic nitrogens is 2. The van der Waals surface area contributed by atoms with E-state index < -0.39 is 6.04 Å². The third kappa shape index (κ3) is 3.94. The Morgan fingerprint density at radius 3 is 2.39 bits per heavy atom. The number of phenols is 1. The lowest BCUT2D eigenvalue weighted by molar-refractivity contribution is -0.122. The summed E-state index contributed by atoms with van der Waals surface area (Å²) in [5.41, 5.74) is 1.74. The second kappa shape index (κ2) is 8.59. The Hall–Kier alpha value is -4.45. The molecule has 0 saturated carbocycles. The molecular weight excluding hydrogens is 414 g/mol. The first-order valence-corrected chi connectivity index (χ1v) is 10.6. The number of hydrogen-bond acceptors (Lipinski definition) is 4. The van der Waals surface area contributed by atoms with Crippen molar-refractivity contribution in [2.45, 2.75) is 12.6 Å². The van der Waals surface area contributed by atoms with Crippen LogP contribution in [0.3, 0.4) is 0 Å². The molecule has 5 aromatic rings. The molecule has 4 aromatic carbocycles. The van der Waals surface area contributed by atoms with Gasteiger partial charge in [0.2, 0.25) is 5.91 Å². The second-order valence-electron chi connectivity index (χ2n) is 7.83. The van der Waals surface area contributed by atoms with Crippen molar-refractivity contribution in [3.8, 4) is 5.75 Å². The van der Waals surface area contributed by atoms with Gasteiger partial charge < -0.3 is 10.4 Å². The summed E-state index contributed by atoms with van der Waals surface area (Å²) in [5.74, 6) is -0.275. The quantitative estimate of drug-likeness (QED) is 0.434. The molecule has 0 spiro atoms. The van der Waals surface area contributed by atoms with E-state index in [1.165, 1.54) is 10.9 Å². The summed E-state index contributed by atoms with van der Waals surface area (Å²) in [4.78, 5) is 30.2. The molecular formula is C27H21N3O3. The van der Waals surface area contributed by atoms with Crippen LogP contribution in [-0.2, 0) is 11.3 Å². The fourth-order valence-electron chi connectivity index (χ4n) is 4.14. The van der Waals surface area contributed by atoms with E-state index in [0.29, 0.717) is 16.5 Å². The zero-order chi connectivity index (χ0) is 22.8. The summed E-state index contributed by atoms with van der Waals surface area (Å²) in [6, 6.07) is 27.1. The first-order chi connectivity index (χ1) is 16.1. The molecule has 1 unspecified atom stereocenters. The van der Waals surface area contributed by atoms with Crippen LogP contribution >= 0.6 is 0 Å². The third-order valence-electron chi connectivity index (χ3n) is 5.72. The molecule has 0 fully saturated rings. The molecule has 0 bridgehead atoms. The third-order valence-corrected chi connectivity index (χ3v) is 5.72. The van der Waals surface area contributed by atoms with Gasteiger partial charge in [-0.2, -0.15) is 0 Å². The Bertz CT molecular complexity index is 1530. The standard InChI is InChI=1S/C27H21N3O3/c31-23-15-14-18-8-4-5-11-20(18)25(23)26(19-9-2-1-3-10-19)29-24(32)16-30-17-28-22-13-7-6-12-21(22)27(30)33/h1-15,17,26,31H,16H2,(H,29,32). The number of benzene rings is 4. The number of fused-ring (bicyclic) bond motifs is 2. The van der Waals surface area contributed by atoms with Crippen molar-refractivity contribution in [3.05, 3.63) is 119 Å². The van der Waals surface area contributed by atoms with Crippen LogP contribution in [0.5, 0.6) is 5.75 Å². The van der Waals surface area contributed by atoms with E-state index in [4.69, 9.17) is 0 Å². The predicted octanol–water partition coefficient (Wildman–Crippen LogP) is 4.16. The largest absolute Gasteiger partial charge is 0.508 e. The maximum Gasteiger partial charge on any atom is 0.261 e. The van der Waals surface area contributed by atoms with Gasteiger partial charge in [0.25, 0.3) is 5.56 Å². The molecule has 0 aliphatic rings. The van der Waals surface area contributed by atoms with Crippen molar-refractivity contribution in [1.29, 1.82) is 0 Å². The summed E-state index contributed by atoms with van der Waals surface area (Å²) in [6.45, 7) is -0.189. The maximum absolute atomic E-state index is 13.1. The molecule has 2 N–H and O–H groups in total. The fourth-order valence-corrected chi connectivity index (χ4v) is 4.14. The minimum atomic E-state index is -0.603. The molecule has 1 aromatic heterocycles. The van der Waals surface area contributed by atoms with E-state index in [1.54, 1.807) is 24.3 Å². The molecule has 6 nitrogen and oxygen atoms in total. The van der Waals surface area contributed by atoms with Gasteiger partial charge in [-0.1, -0.05) is 72.8 Å². The normalized spacial score (nSPS) is 12.0. The molecule has 6 heteroatoms. The molecule has 5 rings (SSSR count). The first-order valence-electron chi connectivity index (χ1n) is 10.6. The van der Waals surface area contributed by atoms with Crippen LogP contribution in [0.15, 0.2) is 102 Å². The number of carbonyl (C=O) groups is 1. The van der Waals surface area contributed by atoms with Gasteiger partial charge in [-0.25, -0.2) is 4.98 Å². The van der Waals surface area contributed by atoms with Crippen LogP contribution in [0.1, 0.15) is 17.2 Å². The molecule has 1 heterocycles. The van der Waals surface area contributed by atoms with Gasteiger partial charge in [-0.3, -0.25) is 14.2 Å². The lowest BCUT2D eigenvalue weighted by atomic mass is 9.92. The molecule has 33 heavy (non-hydrogen) atoms. The highest BCUT2D eigenvalue weighted by Crippen LogP contribution is 2.35. The van der Waals surface area contributed by atoms with Crippen LogP contribution in [-0.4, -0.2) is 20.6 Å². The molecule has 0 saturated heterocycles. The minimum Gasteiger partial charge on any atom is -0.508 e. The van der Waals surface area contributed by atoms with Gasteiger partial charge in [0.1, 0.15) is 12.3 Å². The lowest BCUT2D eigenvalue weighted by Crippen LogP contribution is -2.35. The molecule has 1 amide bonds. The average molecular weight is 435 g/mol. The number of para-hydroxylation sites is 1. The first kappa shape index (κ1) is 20.5. The molecule has 162 valence electrons. The highest BCUT2D eigenvalue weighted by Gasteiger charge is 2.23. The molecule has 0 radical (unpaired) electrons. The van der Waals surface area contributed by atoms with Crippen LogP contribution in [0, 0.1) is 0 Å². The molecule has 0 aliphatic carbocycles. The molecule has 0 aliphatic heterocycles. The monoisotopic (exact) mass is 435 g/mol. The Morgan fingerprint density at radius 2 is 1.58 bits per heavy atom. The smallest absolute Gasteiger partial charge is 0.261 e. The van der Waals surface area contributed by atoms with E-state index in [-0.39, 0.29) is 23.8 Å². The number of nitrogens with zero attached hydrogens (tertiary/aromatic N) is 2. The number of phenolic OH excluding ortho intramolecular Hbond substituents is 1. The zero-order valence-electron chi connectivity index (χ0n) is 17.7. The van der Waals surface area contributed by atoms with E-state index in [9.17, 15) is 14.7 Å². The number of carbonyl (C=O) groups excluding carboxylic acids is 1.